The second kappa shape index (κ2) is 6.34. The van der Waals surface area contributed by atoms with Gasteiger partial charge in [0.2, 0.25) is 5.91 Å². The summed E-state index contributed by atoms with van der Waals surface area (Å²) in [4.78, 5) is 19.1. The Hall–Kier alpha value is -2.10. The minimum Gasteiger partial charge on any atom is -0.373 e. The summed E-state index contributed by atoms with van der Waals surface area (Å²) in [5.41, 5.74) is 1.91. The molecule has 1 aromatic carbocycles. The lowest BCUT2D eigenvalue weighted by atomic mass is 10.0. The van der Waals surface area contributed by atoms with Gasteiger partial charge in [0, 0.05) is 29.9 Å². The highest BCUT2D eigenvalue weighted by Crippen LogP contribution is 2.23. The summed E-state index contributed by atoms with van der Waals surface area (Å²) in [6.45, 7) is 4.97. The normalized spacial score (nSPS) is 19.9. The van der Waals surface area contributed by atoms with Crippen molar-refractivity contribution in [2.75, 3.05) is 11.9 Å². The van der Waals surface area contributed by atoms with Crippen LogP contribution < -0.4 is 5.32 Å². The molecule has 2 aromatic rings. The summed E-state index contributed by atoms with van der Waals surface area (Å²) >= 11 is 0. The third kappa shape index (κ3) is 2.91. The first-order valence-corrected chi connectivity index (χ1v) is 8.07. The van der Waals surface area contributed by atoms with Crippen LogP contribution in [0.15, 0.2) is 36.5 Å². The third-order valence-corrected chi connectivity index (χ3v) is 4.48. The molecule has 1 amide bonds. The number of pyridine rings is 1. The van der Waals surface area contributed by atoms with Gasteiger partial charge >= 0.3 is 0 Å². The number of aromatic nitrogens is 1. The number of carbonyl (C=O) groups excluding carboxylic acids is 1. The van der Waals surface area contributed by atoms with E-state index in [0.717, 1.165) is 36.0 Å². The number of hydrogen-bond donors (Lipinski definition) is 1. The molecular weight excluding hydrogens is 274 g/mol. The number of piperidine rings is 1. The molecule has 2 heterocycles. The van der Waals surface area contributed by atoms with E-state index < -0.39 is 0 Å². The van der Waals surface area contributed by atoms with Gasteiger partial charge in [0.1, 0.15) is 6.04 Å². The van der Waals surface area contributed by atoms with Crippen molar-refractivity contribution in [3.63, 3.8) is 0 Å². The van der Waals surface area contributed by atoms with E-state index in [9.17, 15) is 4.79 Å². The van der Waals surface area contributed by atoms with Gasteiger partial charge in [-0.3, -0.25) is 9.78 Å². The number of fused-ring (bicyclic) bond motifs is 1. The van der Waals surface area contributed by atoms with Gasteiger partial charge in [-0.15, -0.1) is 0 Å². The van der Waals surface area contributed by atoms with Crippen molar-refractivity contribution in [2.45, 2.75) is 45.2 Å². The Morgan fingerprint density at radius 1 is 1.32 bits per heavy atom. The summed E-state index contributed by atoms with van der Waals surface area (Å²) in [5, 5.41) is 4.42. The van der Waals surface area contributed by atoms with Gasteiger partial charge in [-0.2, -0.15) is 0 Å². The van der Waals surface area contributed by atoms with Crippen molar-refractivity contribution in [3.8, 4) is 0 Å². The first-order chi connectivity index (χ1) is 10.7. The van der Waals surface area contributed by atoms with Crippen LogP contribution in [-0.4, -0.2) is 34.4 Å². The fourth-order valence-corrected chi connectivity index (χ4v) is 3.19. The van der Waals surface area contributed by atoms with Gasteiger partial charge in [-0.25, -0.2) is 0 Å². The van der Waals surface area contributed by atoms with Crippen LogP contribution in [0, 0.1) is 0 Å². The van der Waals surface area contributed by atoms with Crippen molar-refractivity contribution in [2.24, 2.45) is 0 Å². The maximum Gasteiger partial charge on any atom is 0.245 e. The van der Waals surface area contributed by atoms with Gasteiger partial charge in [0.05, 0.1) is 5.52 Å². The first kappa shape index (κ1) is 14.8. The predicted molar refractivity (Wildman–Crippen MR) is 89.9 cm³/mol. The van der Waals surface area contributed by atoms with E-state index in [-0.39, 0.29) is 11.9 Å². The highest BCUT2D eigenvalue weighted by molar-refractivity contribution is 5.93. The fourth-order valence-electron chi connectivity index (χ4n) is 3.19. The van der Waals surface area contributed by atoms with Gasteiger partial charge < -0.3 is 10.2 Å². The minimum atomic E-state index is -0.230. The fraction of sp³-hybridized carbons (Fsp3) is 0.444. The second-order valence-electron chi connectivity index (χ2n) is 6.12. The largest absolute Gasteiger partial charge is 0.373 e. The molecule has 1 aliphatic heterocycles. The summed E-state index contributed by atoms with van der Waals surface area (Å²) in [5.74, 6) is 0.188. The van der Waals surface area contributed by atoms with Gasteiger partial charge in [-0.1, -0.05) is 18.2 Å². The number of carbonyl (C=O) groups is 1. The summed E-state index contributed by atoms with van der Waals surface area (Å²) < 4.78 is 0. The van der Waals surface area contributed by atoms with Crippen molar-refractivity contribution in [1.82, 2.24) is 9.88 Å². The average Bonchev–Trinajstić information content (AvgIpc) is 2.55. The zero-order valence-electron chi connectivity index (χ0n) is 13.2. The number of amides is 1. The number of hydrogen-bond acceptors (Lipinski definition) is 3. The Morgan fingerprint density at radius 2 is 2.14 bits per heavy atom. The van der Waals surface area contributed by atoms with Crippen LogP contribution in [0.1, 0.15) is 33.1 Å². The van der Waals surface area contributed by atoms with Gasteiger partial charge in [-0.05, 0) is 45.2 Å². The van der Waals surface area contributed by atoms with Crippen molar-refractivity contribution in [1.29, 1.82) is 0 Å². The van der Waals surface area contributed by atoms with E-state index in [2.05, 4.69) is 17.2 Å². The molecule has 0 saturated carbocycles. The Morgan fingerprint density at radius 3 is 2.95 bits per heavy atom. The van der Waals surface area contributed by atoms with E-state index in [0.29, 0.717) is 6.04 Å². The number of benzene rings is 1. The van der Waals surface area contributed by atoms with E-state index >= 15 is 0 Å². The lowest BCUT2D eigenvalue weighted by Gasteiger charge is -2.35. The Bertz CT molecular complexity index is 665. The number of para-hydroxylation sites is 1. The SMILES string of the molecule is CC(Nc1ccnc2ccccc12)C(=O)N1CCCCC1C. The quantitative estimate of drug-likeness (QED) is 0.944. The average molecular weight is 297 g/mol. The molecule has 1 aliphatic rings. The number of nitrogens with one attached hydrogen (secondary N) is 1. The van der Waals surface area contributed by atoms with Crippen LogP contribution in [0.2, 0.25) is 0 Å². The molecule has 0 spiro atoms. The standard InChI is InChI=1S/C18H23N3O/c1-13-7-5-6-12-21(13)18(22)14(2)20-17-10-11-19-16-9-4-3-8-15(16)17/h3-4,8-11,13-14H,5-7,12H2,1-2H3,(H,19,20). The molecule has 0 radical (unpaired) electrons. The highest BCUT2D eigenvalue weighted by atomic mass is 16.2. The molecule has 1 saturated heterocycles. The molecule has 1 N–H and O–H groups in total. The van der Waals surface area contributed by atoms with Crippen LogP contribution in [-0.2, 0) is 4.79 Å². The zero-order chi connectivity index (χ0) is 15.5. The molecule has 116 valence electrons. The molecule has 2 atom stereocenters. The van der Waals surface area contributed by atoms with Crippen molar-refractivity contribution >= 4 is 22.5 Å². The molecule has 3 rings (SSSR count). The first-order valence-electron chi connectivity index (χ1n) is 8.07. The zero-order valence-corrected chi connectivity index (χ0v) is 13.2. The monoisotopic (exact) mass is 297 g/mol. The Balaban J connectivity index is 1.78. The molecule has 1 aromatic heterocycles. The Kier molecular flexibility index (Phi) is 4.27. The van der Waals surface area contributed by atoms with Crippen LogP contribution in [0.5, 0.6) is 0 Å². The number of anilines is 1. The summed E-state index contributed by atoms with van der Waals surface area (Å²) in [7, 11) is 0. The summed E-state index contributed by atoms with van der Waals surface area (Å²) in [6, 6.07) is 10.0. The van der Waals surface area contributed by atoms with Crippen LogP contribution in [0.3, 0.4) is 0 Å². The topological polar surface area (TPSA) is 45.2 Å². The maximum atomic E-state index is 12.7. The van der Waals surface area contributed by atoms with Crippen molar-refractivity contribution in [3.05, 3.63) is 36.5 Å². The van der Waals surface area contributed by atoms with Gasteiger partial charge in [0.25, 0.3) is 0 Å². The molecule has 0 aliphatic carbocycles. The molecule has 4 nitrogen and oxygen atoms in total. The van der Waals surface area contributed by atoms with Crippen LogP contribution >= 0.6 is 0 Å². The second-order valence-corrected chi connectivity index (χ2v) is 6.12. The molecule has 22 heavy (non-hydrogen) atoms. The molecule has 2 unspecified atom stereocenters. The van der Waals surface area contributed by atoms with E-state index in [4.69, 9.17) is 0 Å². The van der Waals surface area contributed by atoms with E-state index in [1.807, 2.05) is 42.2 Å². The number of nitrogens with zero attached hydrogens (tertiary/aromatic N) is 2. The predicted octanol–water partition coefficient (Wildman–Crippen LogP) is 3.44. The lowest BCUT2D eigenvalue weighted by Crippen LogP contribution is -2.48. The van der Waals surface area contributed by atoms with E-state index in [1.54, 1.807) is 6.20 Å². The smallest absolute Gasteiger partial charge is 0.245 e. The van der Waals surface area contributed by atoms with Crippen LogP contribution in [0.25, 0.3) is 10.9 Å². The van der Waals surface area contributed by atoms with Crippen LogP contribution in [0.4, 0.5) is 5.69 Å². The number of rotatable bonds is 3. The van der Waals surface area contributed by atoms with Crippen molar-refractivity contribution < 1.29 is 4.79 Å². The Labute approximate surface area is 131 Å². The maximum absolute atomic E-state index is 12.7. The molecule has 1 fully saturated rings. The molecular formula is C18H23N3O. The minimum absolute atomic E-state index is 0.188. The van der Waals surface area contributed by atoms with Gasteiger partial charge in [0.15, 0.2) is 0 Å². The highest BCUT2D eigenvalue weighted by Gasteiger charge is 2.27. The molecule has 4 heteroatoms. The third-order valence-electron chi connectivity index (χ3n) is 4.48. The lowest BCUT2D eigenvalue weighted by molar-refractivity contribution is -0.134. The molecule has 0 bridgehead atoms. The van der Waals surface area contributed by atoms with E-state index in [1.165, 1.54) is 6.42 Å². The number of likely N-dealkylation sites (tertiary alicyclic amines) is 1. The summed E-state index contributed by atoms with van der Waals surface area (Å²) in [6.07, 6.45) is 5.23.